The molecule has 11 nitrogen and oxygen atoms in total. The van der Waals surface area contributed by atoms with Crippen molar-refractivity contribution in [2.45, 2.75) is 82.8 Å². The smallest absolute Gasteiger partial charge is 0.427 e. The molecule has 1 atom stereocenters. The molecule has 222 valence electrons. The summed E-state index contributed by atoms with van der Waals surface area (Å²) >= 11 is 6.17. The van der Waals surface area contributed by atoms with Crippen LogP contribution in [0.5, 0.6) is 5.75 Å². The molecule has 2 N–H and O–H groups in total. The van der Waals surface area contributed by atoms with Crippen LogP contribution < -0.4 is 19.7 Å². The highest BCUT2D eigenvalue weighted by atomic mass is 35.5. The van der Waals surface area contributed by atoms with E-state index in [0.29, 0.717) is 20.4 Å². The van der Waals surface area contributed by atoms with E-state index in [9.17, 15) is 31.2 Å². The Labute approximate surface area is 235 Å². The number of nitrogens with one attached hydrogen (secondary N) is 2. The lowest BCUT2D eigenvalue weighted by Crippen LogP contribution is -2.50. The number of carbonyl (C=O) groups is 2. The van der Waals surface area contributed by atoms with Gasteiger partial charge in [-0.1, -0.05) is 11.6 Å². The highest BCUT2D eigenvalue weighted by Crippen LogP contribution is 2.41. The molecule has 0 saturated carbocycles. The minimum absolute atomic E-state index is 0.00165. The van der Waals surface area contributed by atoms with E-state index >= 15 is 0 Å². The number of fused-ring (bicyclic) bond motifs is 1. The van der Waals surface area contributed by atoms with Gasteiger partial charge >= 0.3 is 12.3 Å². The third-order valence-corrected chi connectivity index (χ3v) is 8.17. The lowest BCUT2D eigenvalue weighted by molar-refractivity contribution is -0.242. The van der Waals surface area contributed by atoms with Crippen molar-refractivity contribution in [2.24, 2.45) is 0 Å². The highest BCUT2D eigenvalue weighted by molar-refractivity contribution is 7.93. The number of hydrogen-bond donors (Lipinski definition) is 2. The van der Waals surface area contributed by atoms with Crippen molar-refractivity contribution < 1.29 is 40.7 Å². The molecule has 0 aliphatic carbocycles. The minimum Gasteiger partial charge on any atom is -0.486 e. The summed E-state index contributed by atoms with van der Waals surface area (Å²) < 4.78 is 80.1. The minimum atomic E-state index is -4.82. The zero-order valence-electron chi connectivity index (χ0n) is 22.7. The lowest BCUT2D eigenvalue weighted by atomic mass is 9.95. The van der Waals surface area contributed by atoms with Crippen molar-refractivity contribution >= 4 is 45.0 Å². The quantitative estimate of drug-likeness (QED) is 0.443. The summed E-state index contributed by atoms with van der Waals surface area (Å²) in [6, 6.07) is 3.94. The molecule has 1 aromatic carbocycles. The predicted molar refractivity (Wildman–Crippen MR) is 141 cm³/mol. The third kappa shape index (κ3) is 6.92. The van der Waals surface area contributed by atoms with Gasteiger partial charge in [0.2, 0.25) is 11.5 Å². The van der Waals surface area contributed by atoms with E-state index < -0.39 is 39.5 Å². The number of alkyl halides is 3. The molecular formula is C24H31ClF3N5O6S. The van der Waals surface area contributed by atoms with E-state index in [1.807, 2.05) is 0 Å². The van der Waals surface area contributed by atoms with Gasteiger partial charge in [-0.3, -0.25) is 19.1 Å². The molecule has 2 aromatic rings. The number of nitrogens with zero attached hydrogens (tertiary/aromatic N) is 3. The number of carbonyl (C=O) groups excluding carboxylic acids is 2. The maximum Gasteiger partial charge on any atom is 0.427 e. The number of aromatic nitrogens is 2. The SMILES string of the molecule is CCn1cc(S(=O)(=O)N2C[C@H](CC(C)(C)NC(C)=O)Oc3ccc(NC(=O)OC(C)(C)C(F)(F)F)cc32)c(Cl)n1. The van der Waals surface area contributed by atoms with Gasteiger partial charge in [0, 0.05) is 37.3 Å². The van der Waals surface area contributed by atoms with E-state index in [-0.39, 0.29) is 46.0 Å². The Balaban J connectivity index is 2.01. The maximum absolute atomic E-state index is 13.8. The topological polar surface area (TPSA) is 132 Å². The molecule has 0 radical (unpaired) electrons. The van der Waals surface area contributed by atoms with Crippen molar-refractivity contribution in [3.8, 4) is 5.75 Å². The average molecular weight is 610 g/mol. The Kier molecular flexibility index (Phi) is 8.61. The fourth-order valence-electron chi connectivity index (χ4n) is 4.09. The Hall–Kier alpha value is -3.20. The number of halogens is 4. The van der Waals surface area contributed by atoms with Gasteiger partial charge in [0.1, 0.15) is 16.7 Å². The largest absolute Gasteiger partial charge is 0.486 e. The Morgan fingerprint density at radius 3 is 2.42 bits per heavy atom. The van der Waals surface area contributed by atoms with Crippen LogP contribution in [0.2, 0.25) is 5.15 Å². The van der Waals surface area contributed by atoms with Crippen molar-refractivity contribution in [1.29, 1.82) is 0 Å². The van der Waals surface area contributed by atoms with E-state index in [4.69, 9.17) is 16.3 Å². The van der Waals surface area contributed by atoms with E-state index in [0.717, 1.165) is 4.31 Å². The molecule has 16 heteroatoms. The first kappa shape index (κ1) is 31.3. The van der Waals surface area contributed by atoms with Gasteiger partial charge in [0.05, 0.1) is 12.2 Å². The predicted octanol–water partition coefficient (Wildman–Crippen LogP) is 4.71. The summed E-state index contributed by atoms with van der Waals surface area (Å²) in [6.45, 7) is 8.17. The van der Waals surface area contributed by atoms with Gasteiger partial charge in [-0.25, -0.2) is 13.2 Å². The van der Waals surface area contributed by atoms with Crippen LogP contribution in [-0.4, -0.2) is 60.2 Å². The molecular weight excluding hydrogens is 579 g/mol. The third-order valence-electron chi connectivity index (χ3n) is 6.00. The molecule has 0 bridgehead atoms. The molecule has 0 saturated heterocycles. The zero-order valence-corrected chi connectivity index (χ0v) is 24.3. The van der Waals surface area contributed by atoms with Gasteiger partial charge in [-0.05, 0) is 52.8 Å². The number of anilines is 2. The van der Waals surface area contributed by atoms with Crippen LogP contribution in [0.3, 0.4) is 0 Å². The second-order valence-electron chi connectivity index (χ2n) is 10.4. The van der Waals surface area contributed by atoms with E-state index in [1.165, 1.54) is 36.0 Å². The monoisotopic (exact) mass is 609 g/mol. The van der Waals surface area contributed by atoms with Gasteiger partial charge in [-0.2, -0.15) is 18.3 Å². The van der Waals surface area contributed by atoms with Crippen LogP contribution in [0, 0.1) is 0 Å². The molecule has 0 fully saturated rings. The number of hydrogen-bond acceptors (Lipinski definition) is 7. The number of aryl methyl sites for hydroxylation is 1. The molecule has 40 heavy (non-hydrogen) atoms. The van der Waals surface area contributed by atoms with Crippen LogP contribution in [0.25, 0.3) is 0 Å². The molecule has 1 aliphatic rings. The molecule has 2 heterocycles. The number of benzene rings is 1. The first-order valence-electron chi connectivity index (χ1n) is 12.2. The number of rotatable bonds is 8. The zero-order chi connectivity index (χ0) is 30.3. The first-order chi connectivity index (χ1) is 18.3. The average Bonchev–Trinajstić information content (AvgIpc) is 3.18. The van der Waals surface area contributed by atoms with Gasteiger partial charge in [0.15, 0.2) is 5.15 Å². The summed E-state index contributed by atoms with van der Waals surface area (Å²) in [4.78, 5) is 23.6. The number of ether oxygens (including phenoxy) is 2. The van der Waals surface area contributed by atoms with Gasteiger partial charge in [0.25, 0.3) is 10.0 Å². The Morgan fingerprint density at radius 2 is 1.88 bits per heavy atom. The van der Waals surface area contributed by atoms with Crippen LogP contribution in [0.1, 0.15) is 48.0 Å². The summed E-state index contributed by atoms with van der Waals surface area (Å²) in [5.41, 5.74) is -3.57. The molecule has 3 rings (SSSR count). The van der Waals surface area contributed by atoms with Crippen molar-refractivity contribution in [1.82, 2.24) is 15.1 Å². The molecule has 2 amide bonds. The Morgan fingerprint density at radius 1 is 1.23 bits per heavy atom. The van der Waals surface area contributed by atoms with Crippen LogP contribution in [-0.2, 0) is 26.1 Å². The van der Waals surface area contributed by atoms with Crippen molar-refractivity contribution in [3.05, 3.63) is 29.5 Å². The standard InChI is InChI=1S/C24H31ClF3N5O6S/c1-7-32-13-19(20(25)31-32)40(36,37)33-12-16(11-22(3,4)30-14(2)34)38-18-9-8-15(10-17(18)33)29-21(35)39-23(5,6)24(26,27)28/h8-10,13,16H,7,11-12H2,1-6H3,(H,29,35)(H,30,34)/t16-/m0/s1. The summed E-state index contributed by atoms with van der Waals surface area (Å²) in [5.74, 6) is -0.159. The normalized spacial score (nSPS) is 16.1. The van der Waals surface area contributed by atoms with Crippen LogP contribution in [0.15, 0.2) is 29.3 Å². The summed E-state index contributed by atoms with van der Waals surface area (Å²) in [5, 5.41) is 8.74. The fourth-order valence-corrected chi connectivity index (χ4v) is 6.04. The van der Waals surface area contributed by atoms with Crippen molar-refractivity contribution in [2.75, 3.05) is 16.2 Å². The summed E-state index contributed by atoms with van der Waals surface area (Å²) in [6.07, 6.45) is -5.43. The van der Waals surface area contributed by atoms with Crippen LogP contribution >= 0.6 is 11.6 Å². The first-order valence-corrected chi connectivity index (χ1v) is 14.0. The molecule has 0 unspecified atom stereocenters. The fraction of sp³-hybridized carbons (Fsp3) is 0.542. The number of sulfonamides is 1. The molecule has 1 aromatic heterocycles. The lowest BCUT2D eigenvalue weighted by Gasteiger charge is -2.38. The Bertz CT molecular complexity index is 1390. The molecule has 0 spiro atoms. The maximum atomic E-state index is 13.8. The molecule has 1 aliphatic heterocycles. The second kappa shape index (κ2) is 11.0. The van der Waals surface area contributed by atoms with E-state index in [2.05, 4.69) is 20.5 Å². The van der Waals surface area contributed by atoms with Gasteiger partial charge < -0.3 is 14.8 Å². The van der Waals surface area contributed by atoms with E-state index in [1.54, 1.807) is 20.8 Å². The van der Waals surface area contributed by atoms with Crippen LogP contribution in [0.4, 0.5) is 29.3 Å². The van der Waals surface area contributed by atoms with Gasteiger partial charge in [-0.15, -0.1) is 0 Å². The highest BCUT2D eigenvalue weighted by Gasteiger charge is 2.51. The second-order valence-corrected chi connectivity index (χ2v) is 12.6. The van der Waals surface area contributed by atoms with Crippen molar-refractivity contribution in [3.63, 3.8) is 0 Å². The summed E-state index contributed by atoms with van der Waals surface area (Å²) in [7, 11) is -4.34. The number of amides is 2.